The van der Waals surface area contributed by atoms with Crippen LogP contribution in [0.1, 0.15) is 57.9 Å². The van der Waals surface area contributed by atoms with Gasteiger partial charge in [-0.1, -0.05) is 31.2 Å². The van der Waals surface area contributed by atoms with E-state index in [4.69, 9.17) is 0 Å². The zero-order chi connectivity index (χ0) is 23.0. The molecule has 1 aromatic heterocycles. The standard InChI is InChI=1S/C22H28N2O6S/c1-4-5-19(25)23-31(29,30)22(3,28)24-11-10-17(12-20(24)26)15-6-8-16(9-7-15)18-13-21(2,27)14-18/h6-12,18,27-28H,4-5,13-14H2,1-3H3,(H,23,25)/t18?,21?,22-/m1/s1. The van der Waals surface area contributed by atoms with Crippen molar-refractivity contribution in [2.75, 3.05) is 0 Å². The Balaban J connectivity index is 1.82. The average molecular weight is 449 g/mol. The van der Waals surface area contributed by atoms with Gasteiger partial charge in [0.15, 0.2) is 0 Å². The summed E-state index contributed by atoms with van der Waals surface area (Å²) in [6, 6.07) is 10.4. The van der Waals surface area contributed by atoms with Gasteiger partial charge in [0.2, 0.25) is 5.91 Å². The van der Waals surface area contributed by atoms with Gasteiger partial charge >= 0.3 is 0 Å². The first-order valence-electron chi connectivity index (χ1n) is 10.2. The average Bonchev–Trinajstić information content (AvgIpc) is 2.65. The van der Waals surface area contributed by atoms with Crippen LogP contribution < -0.4 is 10.3 Å². The van der Waals surface area contributed by atoms with Gasteiger partial charge in [-0.05, 0) is 54.9 Å². The van der Waals surface area contributed by atoms with Crippen LogP contribution in [0.4, 0.5) is 0 Å². The highest BCUT2D eigenvalue weighted by molar-refractivity contribution is 7.90. The Kier molecular flexibility index (Phi) is 6.14. The molecule has 1 aromatic carbocycles. The molecular weight excluding hydrogens is 420 g/mol. The highest BCUT2D eigenvalue weighted by Crippen LogP contribution is 2.44. The van der Waals surface area contributed by atoms with Gasteiger partial charge in [-0.3, -0.25) is 14.2 Å². The van der Waals surface area contributed by atoms with Crippen molar-refractivity contribution in [2.45, 2.75) is 63.0 Å². The number of hydrogen-bond donors (Lipinski definition) is 3. The second kappa shape index (κ2) is 8.22. The monoisotopic (exact) mass is 448 g/mol. The molecule has 1 aliphatic carbocycles. The third-order valence-electron chi connectivity index (χ3n) is 5.69. The van der Waals surface area contributed by atoms with Crippen molar-refractivity contribution in [2.24, 2.45) is 0 Å². The number of hydrogen-bond acceptors (Lipinski definition) is 6. The molecule has 0 spiro atoms. The SMILES string of the molecule is CCCC(=O)NS(=O)(=O)[C@@](C)(O)n1ccc(-c2ccc(C3CC(C)(O)C3)cc2)cc1=O. The molecule has 1 amide bonds. The van der Waals surface area contributed by atoms with Gasteiger partial charge in [-0.2, -0.15) is 0 Å². The highest BCUT2D eigenvalue weighted by atomic mass is 32.2. The van der Waals surface area contributed by atoms with Crippen LogP contribution in [-0.4, -0.2) is 34.7 Å². The van der Waals surface area contributed by atoms with Crippen molar-refractivity contribution in [3.63, 3.8) is 0 Å². The van der Waals surface area contributed by atoms with E-state index in [0.717, 1.165) is 18.1 Å². The first-order chi connectivity index (χ1) is 14.4. The summed E-state index contributed by atoms with van der Waals surface area (Å²) in [5, 5.41) is 17.9. The maximum absolute atomic E-state index is 12.6. The fourth-order valence-electron chi connectivity index (χ4n) is 3.84. The fraction of sp³-hybridized carbons (Fsp3) is 0.455. The number of nitrogens with one attached hydrogen (secondary N) is 1. The molecule has 1 saturated carbocycles. The number of carbonyl (C=O) groups is 1. The summed E-state index contributed by atoms with van der Waals surface area (Å²) in [5.41, 5.74) is 1.10. The Labute approximate surface area is 181 Å². The highest BCUT2D eigenvalue weighted by Gasteiger charge is 2.41. The number of nitrogens with zero attached hydrogens (tertiary/aromatic N) is 1. The van der Waals surface area contributed by atoms with E-state index in [1.165, 1.54) is 18.3 Å². The number of benzene rings is 1. The smallest absolute Gasteiger partial charge is 0.285 e. The van der Waals surface area contributed by atoms with E-state index < -0.39 is 32.1 Å². The Morgan fingerprint density at radius 2 is 1.84 bits per heavy atom. The third kappa shape index (κ3) is 4.73. The van der Waals surface area contributed by atoms with Crippen LogP contribution >= 0.6 is 0 Å². The van der Waals surface area contributed by atoms with Crippen molar-refractivity contribution in [1.29, 1.82) is 0 Å². The number of sulfonamides is 1. The minimum atomic E-state index is -4.56. The summed E-state index contributed by atoms with van der Waals surface area (Å²) in [6.07, 6.45) is 3.04. The van der Waals surface area contributed by atoms with E-state index >= 15 is 0 Å². The van der Waals surface area contributed by atoms with E-state index in [0.29, 0.717) is 35.3 Å². The fourth-order valence-corrected chi connectivity index (χ4v) is 4.85. The summed E-state index contributed by atoms with van der Waals surface area (Å²) in [7, 11) is -4.56. The van der Waals surface area contributed by atoms with Crippen LogP contribution in [0.2, 0.25) is 0 Å². The molecule has 0 unspecified atom stereocenters. The number of rotatable bonds is 7. The predicted molar refractivity (Wildman–Crippen MR) is 117 cm³/mol. The predicted octanol–water partition coefficient (Wildman–Crippen LogP) is 2.01. The van der Waals surface area contributed by atoms with Gasteiger partial charge in [-0.15, -0.1) is 0 Å². The Morgan fingerprint density at radius 1 is 1.23 bits per heavy atom. The van der Waals surface area contributed by atoms with Gasteiger partial charge in [0, 0.05) is 25.6 Å². The van der Waals surface area contributed by atoms with Crippen molar-refractivity contribution in [3.8, 4) is 11.1 Å². The van der Waals surface area contributed by atoms with Gasteiger partial charge in [0.25, 0.3) is 20.6 Å². The molecule has 0 saturated heterocycles. The zero-order valence-electron chi connectivity index (χ0n) is 17.8. The molecule has 31 heavy (non-hydrogen) atoms. The van der Waals surface area contributed by atoms with Crippen LogP contribution in [-0.2, 0) is 19.9 Å². The van der Waals surface area contributed by atoms with Crippen LogP contribution in [0.25, 0.3) is 11.1 Å². The lowest BCUT2D eigenvalue weighted by Gasteiger charge is -2.41. The molecule has 1 atom stereocenters. The Bertz CT molecular complexity index is 1130. The van der Waals surface area contributed by atoms with E-state index in [1.807, 2.05) is 35.9 Å². The summed E-state index contributed by atoms with van der Waals surface area (Å²) in [6.45, 7) is 4.48. The number of amides is 1. The number of aromatic nitrogens is 1. The van der Waals surface area contributed by atoms with Crippen molar-refractivity contribution >= 4 is 15.9 Å². The lowest BCUT2D eigenvalue weighted by molar-refractivity contribution is -0.119. The molecule has 1 fully saturated rings. The first kappa shape index (κ1) is 23.2. The lowest BCUT2D eigenvalue weighted by Crippen LogP contribution is -2.51. The number of pyridine rings is 1. The van der Waals surface area contributed by atoms with E-state index in [2.05, 4.69) is 0 Å². The summed E-state index contributed by atoms with van der Waals surface area (Å²) in [5.74, 6) is -0.444. The van der Waals surface area contributed by atoms with E-state index in [1.54, 1.807) is 6.92 Å². The summed E-state index contributed by atoms with van der Waals surface area (Å²) >= 11 is 0. The van der Waals surface area contributed by atoms with Crippen molar-refractivity contribution in [1.82, 2.24) is 9.29 Å². The number of carbonyl (C=O) groups excluding carboxylic acids is 1. The van der Waals surface area contributed by atoms with Crippen LogP contribution in [0.15, 0.2) is 47.4 Å². The first-order valence-corrected chi connectivity index (χ1v) is 11.7. The van der Waals surface area contributed by atoms with E-state index in [9.17, 15) is 28.2 Å². The summed E-state index contributed by atoms with van der Waals surface area (Å²) in [4.78, 5) is 24.3. The quantitative estimate of drug-likeness (QED) is 0.595. The second-order valence-corrected chi connectivity index (χ2v) is 10.5. The lowest BCUT2D eigenvalue weighted by atomic mass is 9.69. The Morgan fingerprint density at radius 3 is 2.35 bits per heavy atom. The summed E-state index contributed by atoms with van der Waals surface area (Å²) < 4.78 is 27.4. The topological polar surface area (TPSA) is 126 Å². The number of aliphatic hydroxyl groups is 2. The van der Waals surface area contributed by atoms with Gasteiger partial charge in [0.05, 0.1) is 5.60 Å². The molecular formula is C22H28N2O6S. The van der Waals surface area contributed by atoms with Crippen LogP contribution in [0.3, 0.4) is 0 Å². The zero-order valence-corrected chi connectivity index (χ0v) is 18.6. The molecule has 1 aliphatic rings. The molecule has 3 N–H and O–H groups in total. The largest absolute Gasteiger partial charge is 0.390 e. The maximum Gasteiger partial charge on any atom is 0.285 e. The molecule has 2 aromatic rings. The molecule has 168 valence electrons. The van der Waals surface area contributed by atoms with Crippen molar-refractivity contribution < 1.29 is 23.4 Å². The van der Waals surface area contributed by atoms with E-state index in [-0.39, 0.29) is 6.42 Å². The minimum absolute atomic E-state index is 0.0163. The molecule has 9 heteroatoms. The van der Waals surface area contributed by atoms with Crippen molar-refractivity contribution in [3.05, 3.63) is 58.5 Å². The molecule has 0 radical (unpaired) electrons. The molecule has 8 nitrogen and oxygen atoms in total. The van der Waals surface area contributed by atoms with Crippen LogP contribution in [0, 0.1) is 0 Å². The third-order valence-corrected chi connectivity index (χ3v) is 7.40. The molecule has 1 heterocycles. The van der Waals surface area contributed by atoms with Crippen LogP contribution in [0.5, 0.6) is 0 Å². The van der Waals surface area contributed by atoms with Gasteiger partial charge in [0.1, 0.15) is 0 Å². The maximum atomic E-state index is 12.6. The second-order valence-electron chi connectivity index (χ2n) is 8.56. The van der Waals surface area contributed by atoms with Gasteiger partial charge in [-0.25, -0.2) is 13.1 Å². The van der Waals surface area contributed by atoms with Gasteiger partial charge < -0.3 is 10.2 Å². The Hall–Kier alpha value is -2.49. The molecule has 0 bridgehead atoms. The molecule has 3 rings (SSSR count). The normalized spacial score (nSPS) is 22.9. The minimum Gasteiger partial charge on any atom is -0.390 e. The molecule has 0 aliphatic heterocycles.